The van der Waals surface area contributed by atoms with Crippen LogP contribution in [0.1, 0.15) is 56.0 Å². The van der Waals surface area contributed by atoms with Gasteiger partial charge in [0.2, 0.25) is 0 Å². The number of nitrogens with zero attached hydrogens (tertiary/aromatic N) is 3. The van der Waals surface area contributed by atoms with Crippen molar-refractivity contribution in [3.63, 3.8) is 0 Å². The van der Waals surface area contributed by atoms with Crippen LogP contribution >= 0.6 is 0 Å². The number of carbonyl (C=O) groups is 2. The molecule has 0 saturated carbocycles. The first kappa shape index (κ1) is 26.0. The molecule has 0 spiro atoms. The van der Waals surface area contributed by atoms with Crippen molar-refractivity contribution in [3.8, 4) is 11.1 Å². The lowest BCUT2D eigenvalue weighted by molar-refractivity contribution is -0.0334. The Balaban J connectivity index is 1.60. The minimum atomic E-state index is -0.605. The summed E-state index contributed by atoms with van der Waals surface area (Å²) in [6, 6.07) is 6.11. The van der Waals surface area contributed by atoms with Gasteiger partial charge in [0.15, 0.2) is 0 Å². The van der Waals surface area contributed by atoms with Crippen molar-refractivity contribution in [2.45, 2.75) is 59.2 Å². The Morgan fingerprint density at radius 3 is 2.79 bits per heavy atom. The van der Waals surface area contributed by atoms with Gasteiger partial charge in [-0.15, -0.1) is 0 Å². The smallest absolute Gasteiger partial charge is 0.410 e. The van der Waals surface area contributed by atoms with Crippen molar-refractivity contribution in [1.82, 2.24) is 25.1 Å². The lowest BCUT2D eigenvalue weighted by Gasteiger charge is -2.39. The maximum absolute atomic E-state index is 13.3. The van der Waals surface area contributed by atoms with Gasteiger partial charge in [0, 0.05) is 49.5 Å². The third-order valence-electron chi connectivity index (χ3n) is 7.18. The molecule has 38 heavy (non-hydrogen) atoms. The fourth-order valence-corrected chi connectivity index (χ4v) is 5.29. The van der Waals surface area contributed by atoms with Crippen molar-refractivity contribution in [3.05, 3.63) is 52.8 Å². The van der Waals surface area contributed by atoms with Crippen LogP contribution in [0.15, 0.2) is 30.6 Å². The van der Waals surface area contributed by atoms with E-state index in [9.17, 15) is 9.59 Å². The van der Waals surface area contributed by atoms with E-state index in [0.29, 0.717) is 39.4 Å². The molecule has 9 heteroatoms. The zero-order valence-electron chi connectivity index (χ0n) is 22.9. The van der Waals surface area contributed by atoms with E-state index < -0.39 is 5.60 Å². The van der Waals surface area contributed by atoms with Gasteiger partial charge in [0.1, 0.15) is 11.2 Å². The number of aryl methyl sites for hydroxylation is 1. The molecule has 2 aliphatic heterocycles. The van der Waals surface area contributed by atoms with Crippen LogP contribution < -0.4 is 5.32 Å². The van der Waals surface area contributed by atoms with Gasteiger partial charge < -0.3 is 24.7 Å². The van der Waals surface area contributed by atoms with Crippen molar-refractivity contribution in [2.75, 3.05) is 32.8 Å². The number of fused-ring (bicyclic) bond motifs is 2. The molecular formula is C29H37N5O4. The van der Waals surface area contributed by atoms with Crippen molar-refractivity contribution in [2.24, 2.45) is 0 Å². The lowest BCUT2D eigenvalue weighted by Crippen LogP contribution is -2.47. The van der Waals surface area contributed by atoms with Gasteiger partial charge in [0.25, 0.3) is 0 Å². The summed E-state index contributed by atoms with van der Waals surface area (Å²) in [4.78, 5) is 37.5. The normalized spacial score (nSPS) is 17.9. The fraction of sp³-hybridized carbons (Fsp3) is 0.483. The molecule has 4 heterocycles. The number of rotatable bonds is 3. The van der Waals surface area contributed by atoms with Crippen LogP contribution in [-0.4, -0.2) is 70.3 Å². The number of amides is 3. The fourth-order valence-electron chi connectivity index (χ4n) is 5.29. The first-order chi connectivity index (χ1) is 18.1. The Morgan fingerprint density at radius 1 is 1.21 bits per heavy atom. The second kappa shape index (κ2) is 10.3. The molecular weight excluding hydrogens is 482 g/mol. The largest absolute Gasteiger partial charge is 0.444 e. The van der Waals surface area contributed by atoms with Gasteiger partial charge in [-0.1, -0.05) is 6.07 Å². The van der Waals surface area contributed by atoms with Crippen molar-refractivity contribution >= 4 is 23.2 Å². The van der Waals surface area contributed by atoms with Crippen LogP contribution in [0.4, 0.5) is 9.59 Å². The zero-order chi connectivity index (χ0) is 27.0. The maximum Gasteiger partial charge on any atom is 0.410 e. The third kappa shape index (κ3) is 5.20. The van der Waals surface area contributed by atoms with Gasteiger partial charge in [-0.3, -0.25) is 4.90 Å². The number of aromatic amines is 1. The van der Waals surface area contributed by atoms with Crippen LogP contribution in [0.2, 0.25) is 0 Å². The summed E-state index contributed by atoms with van der Waals surface area (Å²) < 4.78 is 11.7. The number of morpholine rings is 1. The summed E-state index contributed by atoms with van der Waals surface area (Å²) in [7, 11) is 0. The van der Waals surface area contributed by atoms with E-state index in [4.69, 9.17) is 9.47 Å². The lowest BCUT2D eigenvalue weighted by atomic mass is 9.87. The van der Waals surface area contributed by atoms with E-state index in [2.05, 4.69) is 40.4 Å². The molecule has 1 atom stereocenters. The molecule has 3 amide bonds. The number of ether oxygens (including phenoxy) is 2. The Hall–Kier alpha value is -3.59. The number of hydrogen-bond acceptors (Lipinski definition) is 5. The topological polar surface area (TPSA) is 99.8 Å². The minimum absolute atomic E-state index is 0.0744. The van der Waals surface area contributed by atoms with Gasteiger partial charge in [-0.05, 0) is 81.0 Å². The number of aromatic nitrogens is 2. The van der Waals surface area contributed by atoms with Crippen molar-refractivity contribution in [1.29, 1.82) is 0 Å². The van der Waals surface area contributed by atoms with Gasteiger partial charge in [-0.2, -0.15) is 0 Å². The van der Waals surface area contributed by atoms with Crippen LogP contribution in [0.25, 0.3) is 22.2 Å². The molecule has 202 valence electrons. The molecule has 5 rings (SSSR count). The van der Waals surface area contributed by atoms with E-state index in [0.717, 1.165) is 45.3 Å². The number of pyridine rings is 1. The summed E-state index contributed by atoms with van der Waals surface area (Å²) in [6.45, 7) is 12.5. The zero-order valence-corrected chi connectivity index (χ0v) is 22.9. The summed E-state index contributed by atoms with van der Waals surface area (Å²) in [5, 5.41) is 4.01. The summed E-state index contributed by atoms with van der Waals surface area (Å²) in [5.41, 5.74) is 6.68. The molecule has 0 bridgehead atoms. The van der Waals surface area contributed by atoms with E-state index in [-0.39, 0.29) is 18.2 Å². The standard InChI is InChI=1S/C29H37N5O4/c1-6-30-27(35)33-8-7-19-11-20(21-13-22-18(2)14-31-26(22)32-15-21)12-23(24(19)16-33)25-17-37-10-9-34(25)28(36)38-29(3,4)5/h11-15,25H,6-10,16-17H2,1-5H3,(H,30,35)(H,31,32)/t25-/m0/s1. The van der Waals surface area contributed by atoms with Crippen LogP contribution in [-0.2, 0) is 22.4 Å². The Morgan fingerprint density at radius 2 is 2.03 bits per heavy atom. The summed E-state index contributed by atoms with van der Waals surface area (Å²) in [6.07, 6.45) is 4.23. The van der Waals surface area contributed by atoms with Crippen LogP contribution in [0.3, 0.4) is 0 Å². The number of nitrogens with one attached hydrogen (secondary N) is 2. The van der Waals surface area contributed by atoms with Crippen LogP contribution in [0.5, 0.6) is 0 Å². The van der Waals surface area contributed by atoms with E-state index in [1.807, 2.05) is 45.0 Å². The Bertz CT molecular complexity index is 1360. The molecule has 0 unspecified atom stereocenters. The molecule has 0 aliphatic carbocycles. The number of H-pyrrole nitrogens is 1. The average molecular weight is 520 g/mol. The molecule has 9 nitrogen and oxygen atoms in total. The number of urea groups is 1. The Labute approximate surface area is 223 Å². The number of carbonyl (C=O) groups excluding carboxylic acids is 2. The molecule has 3 aromatic rings. The van der Waals surface area contributed by atoms with Gasteiger partial charge >= 0.3 is 12.1 Å². The quantitative estimate of drug-likeness (QED) is 0.511. The molecule has 2 aliphatic rings. The van der Waals surface area contributed by atoms with E-state index in [1.165, 1.54) is 5.56 Å². The molecule has 1 saturated heterocycles. The SMILES string of the molecule is CCNC(=O)N1CCc2cc(-c3cnc4[nH]cc(C)c4c3)cc([C@@H]3COCCN3C(=O)OC(C)(C)C)c2C1. The predicted octanol–water partition coefficient (Wildman–Crippen LogP) is 4.93. The first-order valence-electron chi connectivity index (χ1n) is 13.3. The van der Waals surface area contributed by atoms with E-state index >= 15 is 0 Å². The summed E-state index contributed by atoms with van der Waals surface area (Å²) >= 11 is 0. The van der Waals surface area contributed by atoms with Gasteiger partial charge in [0.05, 0.1) is 19.3 Å². The molecule has 0 radical (unpaired) electrons. The van der Waals surface area contributed by atoms with Crippen LogP contribution in [0, 0.1) is 6.92 Å². The highest BCUT2D eigenvalue weighted by Gasteiger charge is 2.35. The van der Waals surface area contributed by atoms with Gasteiger partial charge in [-0.25, -0.2) is 14.6 Å². The first-order valence-corrected chi connectivity index (χ1v) is 13.3. The number of hydrogen-bond donors (Lipinski definition) is 2. The third-order valence-corrected chi connectivity index (χ3v) is 7.18. The molecule has 1 aromatic carbocycles. The highest BCUT2D eigenvalue weighted by atomic mass is 16.6. The molecule has 2 aromatic heterocycles. The molecule has 1 fully saturated rings. The second-order valence-electron chi connectivity index (χ2n) is 11.1. The highest BCUT2D eigenvalue weighted by molar-refractivity contribution is 5.85. The predicted molar refractivity (Wildman–Crippen MR) is 146 cm³/mol. The monoisotopic (exact) mass is 519 g/mol. The van der Waals surface area contributed by atoms with Crippen molar-refractivity contribution < 1.29 is 19.1 Å². The maximum atomic E-state index is 13.3. The average Bonchev–Trinajstić information content (AvgIpc) is 3.26. The highest BCUT2D eigenvalue weighted by Crippen LogP contribution is 2.37. The van der Waals surface area contributed by atoms with E-state index in [1.54, 1.807) is 4.90 Å². The Kier molecular flexibility index (Phi) is 7.05. The second-order valence-corrected chi connectivity index (χ2v) is 11.1. The summed E-state index contributed by atoms with van der Waals surface area (Å²) in [5.74, 6) is 0. The molecule has 2 N–H and O–H groups in total. The minimum Gasteiger partial charge on any atom is -0.444 e. The number of benzene rings is 1.